The van der Waals surface area contributed by atoms with E-state index in [1.807, 2.05) is 32.0 Å². The summed E-state index contributed by atoms with van der Waals surface area (Å²) in [5.74, 6) is 0.874. The number of aryl methyl sites for hydroxylation is 1. The van der Waals surface area contributed by atoms with Crippen molar-refractivity contribution in [3.05, 3.63) is 39.8 Å². The number of hydrogen-bond acceptors (Lipinski definition) is 7. The number of ether oxygens (including phenoxy) is 3. The molecule has 160 valence electrons. The van der Waals surface area contributed by atoms with Gasteiger partial charge >= 0.3 is 5.97 Å². The van der Waals surface area contributed by atoms with E-state index >= 15 is 0 Å². The van der Waals surface area contributed by atoms with Crippen molar-refractivity contribution in [3.63, 3.8) is 0 Å². The van der Waals surface area contributed by atoms with E-state index < -0.39 is 5.54 Å². The van der Waals surface area contributed by atoms with E-state index in [2.05, 4.69) is 10.6 Å². The first kappa shape index (κ1) is 20.7. The molecule has 2 aliphatic rings. The predicted molar refractivity (Wildman–Crippen MR) is 115 cm³/mol. The van der Waals surface area contributed by atoms with Gasteiger partial charge in [0.2, 0.25) is 12.7 Å². The second-order valence-electron chi connectivity index (χ2n) is 7.88. The minimum Gasteiger partial charge on any atom is -0.462 e. The third kappa shape index (κ3) is 4.02. The largest absolute Gasteiger partial charge is 0.462 e. The Kier molecular flexibility index (Phi) is 5.71. The molecule has 0 radical (unpaired) electrons. The Labute approximate surface area is 179 Å². The third-order valence-electron chi connectivity index (χ3n) is 5.44. The maximum absolute atomic E-state index is 12.7. The van der Waals surface area contributed by atoms with Gasteiger partial charge in [-0.05, 0) is 63.3 Å². The van der Waals surface area contributed by atoms with Crippen LogP contribution >= 0.6 is 11.3 Å². The lowest BCUT2D eigenvalue weighted by Gasteiger charge is -2.27. The van der Waals surface area contributed by atoms with E-state index in [0.717, 1.165) is 36.1 Å². The average Bonchev–Trinajstić information content (AvgIpc) is 3.41. The standard InChI is InChI=1S/C22H26N2O5S/c1-4-27-21(26)19-14-6-5-7-17(14)30-20(19)24-18(25)11-23-22(2,3)13-8-9-15-16(10-13)29-12-28-15/h8-10,23H,4-7,11-12H2,1-3H3,(H,24,25). The number of carbonyl (C=O) groups excluding carboxylic acids is 2. The molecule has 0 unspecified atom stereocenters. The Hall–Kier alpha value is -2.58. The van der Waals surface area contributed by atoms with Gasteiger partial charge in [0, 0.05) is 10.4 Å². The van der Waals surface area contributed by atoms with E-state index in [-0.39, 0.29) is 25.2 Å². The molecule has 8 heteroatoms. The molecule has 1 aliphatic heterocycles. The van der Waals surface area contributed by atoms with Crippen LogP contribution in [-0.2, 0) is 27.9 Å². The van der Waals surface area contributed by atoms with Crippen LogP contribution in [0.5, 0.6) is 11.5 Å². The number of esters is 1. The van der Waals surface area contributed by atoms with Crippen LogP contribution in [0.25, 0.3) is 0 Å². The summed E-state index contributed by atoms with van der Waals surface area (Å²) in [7, 11) is 0. The zero-order valence-corrected chi connectivity index (χ0v) is 18.2. The lowest BCUT2D eigenvalue weighted by molar-refractivity contribution is -0.115. The first-order chi connectivity index (χ1) is 14.4. The summed E-state index contributed by atoms with van der Waals surface area (Å²) < 4.78 is 16.0. The highest BCUT2D eigenvalue weighted by Crippen LogP contribution is 2.39. The number of amides is 1. The van der Waals surface area contributed by atoms with Gasteiger partial charge < -0.3 is 19.5 Å². The summed E-state index contributed by atoms with van der Waals surface area (Å²) >= 11 is 1.48. The predicted octanol–water partition coefficient (Wildman–Crippen LogP) is 3.61. The van der Waals surface area contributed by atoms with E-state index in [0.29, 0.717) is 22.9 Å². The minimum absolute atomic E-state index is 0.103. The molecule has 7 nitrogen and oxygen atoms in total. The number of carbonyl (C=O) groups is 2. The average molecular weight is 431 g/mol. The monoisotopic (exact) mass is 430 g/mol. The normalized spacial score (nSPS) is 14.5. The summed E-state index contributed by atoms with van der Waals surface area (Å²) in [4.78, 5) is 26.3. The molecular formula is C22H26N2O5S. The van der Waals surface area contributed by atoms with Crippen molar-refractivity contribution in [3.8, 4) is 11.5 Å². The van der Waals surface area contributed by atoms with Crippen molar-refractivity contribution in [1.29, 1.82) is 0 Å². The quantitative estimate of drug-likeness (QED) is 0.653. The number of rotatable bonds is 7. The molecule has 30 heavy (non-hydrogen) atoms. The molecule has 1 amide bonds. The molecule has 0 spiro atoms. The SMILES string of the molecule is CCOC(=O)c1c(NC(=O)CNC(C)(C)c2ccc3c(c2)OCO3)sc2c1CCC2. The van der Waals surface area contributed by atoms with E-state index in [1.54, 1.807) is 6.92 Å². The van der Waals surface area contributed by atoms with Crippen molar-refractivity contribution in [1.82, 2.24) is 5.32 Å². The smallest absolute Gasteiger partial charge is 0.341 e. The van der Waals surface area contributed by atoms with Gasteiger partial charge in [0.15, 0.2) is 11.5 Å². The molecule has 2 heterocycles. The highest BCUT2D eigenvalue weighted by Gasteiger charge is 2.29. The third-order valence-corrected chi connectivity index (χ3v) is 6.65. The van der Waals surface area contributed by atoms with Crippen LogP contribution in [0.4, 0.5) is 5.00 Å². The summed E-state index contributed by atoms with van der Waals surface area (Å²) in [6, 6.07) is 5.76. The first-order valence-corrected chi connectivity index (χ1v) is 11.0. The lowest BCUT2D eigenvalue weighted by Crippen LogP contribution is -2.41. The molecule has 0 saturated carbocycles. The summed E-state index contributed by atoms with van der Waals surface area (Å²) in [5, 5.41) is 6.80. The number of nitrogens with one attached hydrogen (secondary N) is 2. The zero-order chi connectivity index (χ0) is 21.3. The Balaban J connectivity index is 1.43. The molecule has 4 rings (SSSR count). The van der Waals surface area contributed by atoms with Crippen LogP contribution in [0.15, 0.2) is 18.2 Å². The lowest BCUT2D eigenvalue weighted by atomic mass is 9.94. The van der Waals surface area contributed by atoms with Crippen LogP contribution in [-0.4, -0.2) is 31.8 Å². The van der Waals surface area contributed by atoms with E-state index in [4.69, 9.17) is 14.2 Å². The fourth-order valence-electron chi connectivity index (χ4n) is 3.77. The van der Waals surface area contributed by atoms with Crippen LogP contribution in [0.1, 0.15) is 53.6 Å². The second kappa shape index (κ2) is 8.28. The molecular weight excluding hydrogens is 404 g/mol. The molecule has 0 saturated heterocycles. The Morgan fingerprint density at radius 3 is 2.80 bits per heavy atom. The fourth-order valence-corrected chi connectivity index (χ4v) is 5.06. The number of thiophene rings is 1. The van der Waals surface area contributed by atoms with Gasteiger partial charge in [-0.15, -0.1) is 11.3 Å². The molecule has 0 atom stereocenters. The van der Waals surface area contributed by atoms with E-state index in [9.17, 15) is 9.59 Å². The summed E-state index contributed by atoms with van der Waals surface area (Å²) in [5.41, 5.74) is 2.08. The van der Waals surface area contributed by atoms with Crippen molar-refractivity contribution in [2.75, 3.05) is 25.3 Å². The first-order valence-electron chi connectivity index (χ1n) is 10.2. The van der Waals surface area contributed by atoms with Gasteiger partial charge in [-0.3, -0.25) is 10.1 Å². The van der Waals surface area contributed by atoms with Crippen LogP contribution < -0.4 is 20.1 Å². The Bertz CT molecular complexity index is 982. The van der Waals surface area contributed by atoms with Gasteiger partial charge in [0.1, 0.15) is 5.00 Å². The molecule has 2 aromatic rings. The van der Waals surface area contributed by atoms with Gasteiger partial charge in [-0.2, -0.15) is 0 Å². The van der Waals surface area contributed by atoms with Crippen molar-refractivity contribution in [2.45, 2.75) is 45.6 Å². The molecule has 1 aromatic heterocycles. The van der Waals surface area contributed by atoms with Crippen LogP contribution in [0.3, 0.4) is 0 Å². The van der Waals surface area contributed by atoms with Crippen molar-refractivity contribution >= 4 is 28.2 Å². The van der Waals surface area contributed by atoms with Gasteiger partial charge in [-0.25, -0.2) is 4.79 Å². The fraction of sp³-hybridized carbons (Fsp3) is 0.455. The molecule has 0 fully saturated rings. The van der Waals surface area contributed by atoms with Crippen LogP contribution in [0.2, 0.25) is 0 Å². The Morgan fingerprint density at radius 1 is 1.20 bits per heavy atom. The van der Waals surface area contributed by atoms with Crippen molar-refractivity contribution < 1.29 is 23.8 Å². The van der Waals surface area contributed by atoms with Crippen LogP contribution in [0, 0.1) is 0 Å². The van der Waals surface area contributed by atoms with Crippen molar-refractivity contribution in [2.24, 2.45) is 0 Å². The topological polar surface area (TPSA) is 85.9 Å². The molecule has 1 aliphatic carbocycles. The number of hydrogen-bond donors (Lipinski definition) is 2. The van der Waals surface area contributed by atoms with E-state index in [1.165, 1.54) is 16.2 Å². The second-order valence-corrected chi connectivity index (χ2v) is 8.98. The number of anilines is 1. The summed E-state index contributed by atoms with van der Waals surface area (Å²) in [6.07, 6.45) is 2.83. The maximum Gasteiger partial charge on any atom is 0.341 e. The summed E-state index contributed by atoms with van der Waals surface area (Å²) in [6.45, 7) is 6.42. The zero-order valence-electron chi connectivity index (χ0n) is 17.4. The Morgan fingerprint density at radius 2 is 2.00 bits per heavy atom. The van der Waals surface area contributed by atoms with Gasteiger partial charge in [-0.1, -0.05) is 6.07 Å². The molecule has 2 N–H and O–H groups in total. The highest BCUT2D eigenvalue weighted by molar-refractivity contribution is 7.17. The highest BCUT2D eigenvalue weighted by atomic mass is 32.1. The minimum atomic E-state index is -0.459. The maximum atomic E-state index is 12.7. The van der Waals surface area contributed by atoms with Gasteiger partial charge in [0.05, 0.1) is 18.7 Å². The molecule has 0 bridgehead atoms. The molecule has 1 aromatic carbocycles. The number of benzene rings is 1. The number of fused-ring (bicyclic) bond motifs is 2. The van der Waals surface area contributed by atoms with Gasteiger partial charge in [0.25, 0.3) is 0 Å².